The van der Waals surface area contributed by atoms with E-state index in [-0.39, 0.29) is 0 Å². The maximum absolute atomic E-state index is 4.70. The Bertz CT molecular complexity index is 618. The maximum atomic E-state index is 4.70. The monoisotopic (exact) mass is 296 g/mol. The number of aromatic nitrogens is 2. The molecule has 1 aromatic heterocycles. The highest BCUT2D eigenvalue weighted by Crippen LogP contribution is 2.26. The van der Waals surface area contributed by atoms with Gasteiger partial charge in [0, 0.05) is 25.0 Å². The van der Waals surface area contributed by atoms with Gasteiger partial charge in [-0.2, -0.15) is 4.98 Å². The van der Waals surface area contributed by atoms with Crippen LogP contribution in [0.25, 0.3) is 0 Å². The van der Waals surface area contributed by atoms with Gasteiger partial charge in [-0.05, 0) is 42.9 Å². The molecule has 2 heterocycles. The van der Waals surface area contributed by atoms with E-state index in [0.29, 0.717) is 11.9 Å². The summed E-state index contributed by atoms with van der Waals surface area (Å²) < 4.78 is 0. The second kappa shape index (κ2) is 6.77. The molecule has 0 unspecified atom stereocenters. The van der Waals surface area contributed by atoms with E-state index in [1.807, 2.05) is 18.3 Å². The fourth-order valence-corrected chi connectivity index (χ4v) is 2.94. The molecule has 2 aromatic rings. The maximum Gasteiger partial charge on any atom is 0.229 e. The summed E-state index contributed by atoms with van der Waals surface area (Å²) in [4.78, 5) is 11.4. The molecule has 1 fully saturated rings. The molecule has 0 spiro atoms. The molecule has 4 nitrogen and oxygen atoms in total. The standard InChI is InChI=1S/C18H24N4/c1-14(2)15-8-4-5-9-16(15)20-18-19-11-10-17(21-18)22-12-6-3-7-13-22/h4-5,8-11,14H,3,6-7,12-13H2,1-2H3,(H,19,20,21). The lowest BCUT2D eigenvalue weighted by Crippen LogP contribution is -2.30. The van der Waals surface area contributed by atoms with Gasteiger partial charge in [0.25, 0.3) is 0 Å². The average Bonchev–Trinajstić information content (AvgIpc) is 2.56. The molecule has 116 valence electrons. The zero-order chi connectivity index (χ0) is 15.4. The third-order valence-corrected chi connectivity index (χ3v) is 4.15. The Morgan fingerprint density at radius 3 is 2.59 bits per heavy atom. The first-order valence-electron chi connectivity index (χ1n) is 8.18. The van der Waals surface area contributed by atoms with Crippen LogP contribution < -0.4 is 10.2 Å². The van der Waals surface area contributed by atoms with Crippen molar-refractivity contribution >= 4 is 17.5 Å². The first-order valence-corrected chi connectivity index (χ1v) is 8.18. The lowest BCUT2D eigenvalue weighted by molar-refractivity contribution is 0.573. The van der Waals surface area contributed by atoms with Crippen molar-refractivity contribution in [1.82, 2.24) is 9.97 Å². The van der Waals surface area contributed by atoms with Crippen LogP contribution in [0.2, 0.25) is 0 Å². The van der Waals surface area contributed by atoms with Crippen LogP contribution in [0.5, 0.6) is 0 Å². The summed E-state index contributed by atoms with van der Waals surface area (Å²) in [6.45, 7) is 6.59. The summed E-state index contributed by atoms with van der Waals surface area (Å²) >= 11 is 0. The van der Waals surface area contributed by atoms with Crippen molar-refractivity contribution in [3.8, 4) is 0 Å². The van der Waals surface area contributed by atoms with Crippen molar-refractivity contribution < 1.29 is 0 Å². The molecule has 0 atom stereocenters. The van der Waals surface area contributed by atoms with Gasteiger partial charge in [0.05, 0.1) is 0 Å². The van der Waals surface area contributed by atoms with Crippen molar-refractivity contribution in [3.63, 3.8) is 0 Å². The number of hydrogen-bond acceptors (Lipinski definition) is 4. The molecule has 3 rings (SSSR count). The van der Waals surface area contributed by atoms with Gasteiger partial charge in [-0.25, -0.2) is 4.98 Å². The molecule has 1 aromatic carbocycles. The molecule has 1 aliphatic rings. The largest absolute Gasteiger partial charge is 0.356 e. The number of piperidine rings is 1. The quantitative estimate of drug-likeness (QED) is 0.911. The second-order valence-electron chi connectivity index (χ2n) is 6.15. The smallest absolute Gasteiger partial charge is 0.229 e. The Hall–Kier alpha value is -2.10. The highest BCUT2D eigenvalue weighted by atomic mass is 15.2. The zero-order valence-corrected chi connectivity index (χ0v) is 13.4. The molecule has 22 heavy (non-hydrogen) atoms. The van der Waals surface area contributed by atoms with Crippen molar-refractivity contribution in [2.45, 2.75) is 39.0 Å². The molecule has 4 heteroatoms. The van der Waals surface area contributed by atoms with Crippen LogP contribution in [0.15, 0.2) is 36.5 Å². The van der Waals surface area contributed by atoms with Gasteiger partial charge < -0.3 is 10.2 Å². The average molecular weight is 296 g/mol. The van der Waals surface area contributed by atoms with Crippen molar-refractivity contribution in [1.29, 1.82) is 0 Å². The van der Waals surface area contributed by atoms with Crippen LogP contribution >= 0.6 is 0 Å². The topological polar surface area (TPSA) is 41.1 Å². The minimum atomic E-state index is 0.467. The van der Waals surface area contributed by atoms with E-state index in [1.165, 1.54) is 24.8 Å². The van der Waals surface area contributed by atoms with Gasteiger partial charge in [-0.1, -0.05) is 32.0 Å². The highest BCUT2D eigenvalue weighted by Gasteiger charge is 2.13. The highest BCUT2D eigenvalue weighted by molar-refractivity contribution is 5.60. The van der Waals surface area contributed by atoms with Gasteiger partial charge >= 0.3 is 0 Å². The molecule has 0 bridgehead atoms. The van der Waals surface area contributed by atoms with E-state index in [2.05, 4.69) is 47.2 Å². The Labute approximate surface area is 132 Å². The summed E-state index contributed by atoms with van der Waals surface area (Å²) in [5.74, 6) is 2.17. The lowest BCUT2D eigenvalue weighted by Gasteiger charge is -2.27. The molecular formula is C18H24N4. The van der Waals surface area contributed by atoms with Gasteiger partial charge in [0.15, 0.2) is 0 Å². The van der Waals surface area contributed by atoms with E-state index in [4.69, 9.17) is 4.98 Å². The van der Waals surface area contributed by atoms with Crippen LogP contribution in [0.3, 0.4) is 0 Å². The molecule has 0 amide bonds. The van der Waals surface area contributed by atoms with Crippen LogP contribution in [-0.4, -0.2) is 23.1 Å². The van der Waals surface area contributed by atoms with Crippen molar-refractivity contribution in [3.05, 3.63) is 42.1 Å². The number of hydrogen-bond donors (Lipinski definition) is 1. The summed E-state index contributed by atoms with van der Waals surface area (Å²) in [7, 11) is 0. The summed E-state index contributed by atoms with van der Waals surface area (Å²) in [5, 5.41) is 3.38. The Kier molecular flexibility index (Phi) is 4.56. The van der Waals surface area contributed by atoms with E-state index in [9.17, 15) is 0 Å². The fourth-order valence-electron chi connectivity index (χ4n) is 2.94. The zero-order valence-electron chi connectivity index (χ0n) is 13.4. The fraction of sp³-hybridized carbons (Fsp3) is 0.444. The minimum absolute atomic E-state index is 0.467. The summed E-state index contributed by atoms with van der Waals surface area (Å²) in [5.41, 5.74) is 2.38. The van der Waals surface area contributed by atoms with Gasteiger partial charge in [-0.3, -0.25) is 0 Å². The van der Waals surface area contributed by atoms with Crippen molar-refractivity contribution in [2.75, 3.05) is 23.3 Å². The Balaban J connectivity index is 1.81. The molecular weight excluding hydrogens is 272 g/mol. The Morgan fingerprint density at radius 2 is 1.82 bits per heavy atom. The van der Waals surface area contributed by atoms with E-state index in [0.717, 1.165) is 24.6 Å². The molecule has 0 aliphatic carbocycles. The number of anilines is 3. The second-order valence-corrected chi connectivity index (χ2v) is 6.15. The van der Waals surface area contributed by atoms with Crippen LogP contribution in [0, 0.1) is 0 Å². The summed E-state index contributed by atoms with van der Waals surface area (Å²) in [6, 6.07) is 10.4. The third kappa shape index (κ3) is 3.38. The normalized spacial score (nSPS) is 15.1. The van der Waals surface area contributed by atoms with Crippen LogP contribution in [-0.2, 0) is 0 Å². The molecule has 0 radical (unpaired) electrons. The van der Waals surface area contributed by atoms with Gasteiger partial charge in [-0.15, -0.1) is 0 Å². The van der Waals surface area contributed by atoms with E-state index in [1.54, 1.807) is 0 Å². The molecule has 0 saturated carbocycles. The number of benzene rings is 1. The Morgan fingerprint density at radius 1 is 1.05 bits per heavy atom. The minimum Gasteiger partial charge on any atom is -0.356 e. The van der Waals surface area contributed by atoms with Gasteiger partial charge in [0.2, 0.25) is 5.95 Å². The van der Waals surface area contributed by atoms with Crippen LogP contribution in [0.1, 0.15) is 44.6 Å². The predicted octanol–water partition coefficient (Wildman–Crippen LogP) is 4.33. The summed E-state index contributed by atoms with van der Waals surface area (Å²) in [6.07, 6.45) is 5.68. The molecule has 1 aliphatic heterocycles. The predicted molar refractivity (Wildman–Crippen MR) is 91.9 cm³/mol. The van der Waals surface area contributed by atoms with Gasteiger partial charge in [0.1, 0.15) is 5.82 Å². The molecule has 1 saturated heterocycles. The number of para-hydroxylation sites is 1. The molecule has 1 N–H and O–H groups in total. The van der Waals surface area contributed by atoms with E-state index < -0.39 is 0 Å². The van der Waals surface area contributed by atoms with Crippen LogP contribution in [0.4, 0.5) is 17.5 Å². The SMILES string of the molecule is CC(C)c1ccccc1Nc1nccc(N2CCCCC2)n1. The van der Waals surface area contributed by atoms with E-state index >= 15 is 0 Å². The number of nitrogens with one attached hydrogen (secondary N) is 1. The lowest BCUT2D eigenvalue weighted by atomic mass is 10.0. The van der Waals surface area contributed by atoms with Crippen molar-refractivity contribution in [2.24, 2.45) is 0 Å². The first-order chi connectivity index (χ1) is 10.7. The number of rotatable bonds is 4. The number of nitrogens with zero attached hydrogens (tertiary/aromatic N) is 3. The first kappa shape index (κ1) is 14.8. The third-order valence-electron chi connectivity index (χ3n) is 4.15.